The van der Waals surface area contributed by atoms with Gasteiger partial charge in [-0.25, -0.2) is 8.42 Å². The summed E-state index contributed by atoms with van der Waals surface area (Å²) in [4.78, 5) is 0. The van der Waals surface area contributed by atoms with Crippen LogP contribution in [0.3, 0.4) is 0 Å². The molecule has 0 heterocycles. The van der Waals surface area contributed by atoms with Gasteiger partial charge in [-0.1, -0.05) is 38.1 Å². The monoisotopic (exact) mass is 226 g/mol. The highest BCUT2D eigenvalue weighted by Gasteiger charge is 2.16. The van der Waals surface area contributed by atoms with E-state index in [1.54, 1.807) is 6.92 Å². The van der Waals surface area contributed by atoms with Crippen LogP contribution in [-0.2, 0) is 9.84 Å². The molecule has 1 rings (SSSR count). The molecule has 1 atom stereocenters. The van der Waals surface area contributed by atoms with Crippen LogP contribution in [0.4, 0.5) is 0 Å². The fourth-order valence-corrected chi connectivity index (χ4v) is 2.05. The standard InChI is InChI=1S/C12H18O2S/c1-9(2)11-5-7-12(8-6-11)10(3)15(4,13)14/h5-10H,1-4H3. The summed E-state index contributed by atoms with van der Waals surface area (Å²) >= 11 is 0. The van der Waals surface area contributed by atoms with Gasteiger partial charge in [-0.15, -0.1) is 0 Å². The van der Waals surface area contributed by atoms with Gasteiger partial charge in [0.2, 0.25) is 0 Å². The molecule has 0 aliphatic rings. The van der Waals surface area contributed by atoms with Gasteiger partial charge in [-0.3, -0.25) is 0 Å². The zero-order valence-electron chi connectivity index (χ0n) is 9.69. The molecule has 1 unspecified atom stereocenters. The summed E-state index contributed by atoms with van der Waals surface area (Å²) in [6.45, 7) is 5.96. The normalized spacial score (nSPS) is 14.2. The Bertz CT molecular complexity index is 415. The third-order valence-electron chi connectivity index (χ3n) is 2.71. The highest BCUT2D eigenvalue weighted by atomic mass is 32.2. The van der Waals surface area contributed by atoms with Gasteiger partial charge in [0.15, 0.2) is 9.84 Å². The Morgan fingerprint density at radius 1 is 0.933 bits per heavy atom. The van der Waals surface area contributed by atoms with Crippen molar-refractivity contribution in [3.05, 3.63) is 35.4 Å². The Kier molecular flexibility index (Phi) is 3.55. The van der Waals surface area contributed by atoms with Crippen molar-refractivity contribution in [2.75, 3.05) is 6.26 Å². The predicted molar refractivity (Wildman–Crippen MR) is 63.8 cm³/mol. The van der Waals surface area contributed by atoms with Crippen LogP contribution in [0.25, 0.3) is 0 Å². The lowest BCUT2D eigenvalue weighted by atomic mass is 10.0. The third kappa shape index (κ3) is 3.06. The van der Waals surface area contributed by atoms with Gasteiger partial charge in [-0.05, 0) is 24.0 Å². The van der Waals surface area contributed by atoms with Crippen molar-refractivity contribution < 1.29 is 8.42 Å². The van der Waals surface area contributed by atoms with Crippen LogP contribution in [0.15, 0.2) is 24.3 Å². The molecule has 0 aliphatic heterocycles. The van der Waals surface area contributed by atoms with Crippen molar-refractivity contribution in [3.63, 3.8) is 0 Å². The van der Waals surface area contributed by atoms with E-state index in [-0.39, 0.29) is 0 Å². The minimum atomic E-state index is -2.99. The van der Waals surface area contributed by atoms with Crippen LogP contribution in [0, 0.1) is 0 Å². The fraction of sp³-hybridized carbons (Fsp3) is 0.500. The molecular formula is C12H18O2S. The molecule has 0 spiro atoms. The first kappa shape index (κ1) is 12.2. The lowest BCUT2D eigenvalue weighted by Crippen LogP contribution is -2.07. The molecule has 0 saturated carbocycles. The van der Waals surface area contributed by atoms with Gasteiger partial charge >= 0.3 is 0 Å². The van der Waals surface area contributed by atoms with Crippen molar-refractivity contribution in [1.82, 2.24) is 0 Å². The van der Waals surface area contributed by atoms with Crippen molar-refractivity contribution in [1.29, 1.82) is 0 Å². The van der Waals surface area contributed by atoms with Gasteiger partial charge < -0.3 is 0 Å². The Labute approximate surface area is 92.2 Å². The molecule has 0 aliphatic carbocycles. The van der Waals surface area contributed by atoms with E-state index in [4.69, 9.17) is 0 Å². The largest absolute Gasteiger partial charge is 0.229 e. The average Bonchev–Trinajstić information content (AvgIpc) is 2.15. The summed E-state index contributed by atoms with van der Waals surface area (Å²) in [6, 6.07) is 7.81. The smallest absolute Gasteiger partial charge is 0.154 e. The summed E-state index contributed by atoms with van der Waals surface area (Å²) in [6.07, 6.45) is 1.27. The first-order chi connectivity index (χ1) is 6.82. The average molecular weight is 226 g/mol. The maximum absolute atomic E-state index is 11.4. The van der Waals surface area contributed by atoms with Gasteiger partial charge in [0.25, 0.3) is 0 Å². The summed E-state index contributed by atoms with van der Waals surface area (Å²) < 4.78 is 22.7. The third-order valence-corrected chi connectivity index (χ3v) is 4.27. The Morgan fingerprint density at radius 2 is 1.33 bits per heavy atom. The highest BCUT2D eigenvalue weighted by Crippen LogP contribution is 2.23. The van der Waals surface area contributed by atoms with Gasteiger partial charge in [0.05, 0.1) is 5.25 Å². The number of hydrogen-bond acceptors (Lipinski definition) is 2. The van der Waals surface area contributed by atoms with E-state index in [2.05, 4.69) is 13.8 Å². The quantitative estimate of drug-likeness (QED) is 0.794. The van der Waals surface area contributed by atoms with E-state index in [1.807, 2.05) is 24.3 Å². The lowest BCUT2D eigenvalue weighted by molar-refractivity contribution is 0.592. The Morgan fingerprint density at radius 3 is 1.67 bits per heavy atom. The lowest BCUT2D eigenvalue weighted by Gasteiger charge is -2.11. The number of rotatable bonds is 3. The molecule has 0 saturated heterocycles. The van der Waals surface area contributed by atoms with Gasteiger partial charge in [-0.2, -0.15) is 0 Å². The second-order valence-electron chi connectivity index (χ2n) is 4.29. The van der Waals surface area contributed by atoms with Crippen molar-refractivity contribution >= 4 is 9.84 Å². The zero-order chi connectivity index (χ0) is 11.6. The molecule has 0 bridgehead atoms. The molecule has 0 N–H and O–H groups in total. The Balaban J connectivity index is 3.00. The molecule has 0 aromatic heterocycles. The zero-order valence-corrected chi connectivity index (χ0v) is 10.5. The first-order valence-electron chi connectivity index (χ1n) is 5.11. The SMILES string of the molecule is CC(C)c1ccc(C(C)S(C)(=O)=O)cc1. The van der Waals surface area contributed by atoms with Crippen LogP contribution in [0.1, 0.15) is 43.1 Å². The topological polar surface area (TPSA) is 34.1 Å². The van der Waals surface area contributed by atoms with Crippen LogP contribution in [0.2, 0.25) is 0 Å². The summed E-state index contributed by atoms with van der Waals surface area (Å²) in [5.74, 6) is 0.479. The highest BCUT2D eigenvalue weighted by molar-refractivity contribution is 7.90. The summed E-state index contributed by atoms with van der Waals surface area (Å²) in [5.41, 5.74) is 2.10. The predicted octanol–water partition coefficient (Wildman–Crippen LogP) is 2.92. The second-order valence-corrected chi connectivity index (χ2v) is 6.66. The first-order valence-corrected chi connectivity index (χ1v) is 7.06. The van der Waals surface area contributed by atoms with E-state index in [9.17, 15) is 8.42 Å². The molecule has 84 valence electrons. The van der Waals surface area contributed by atoms with Crippen molar-refractivity contribution in [2.45, 2.75) is 31.9 Å². The summed E-state index contributed by atoms with van der Waals surface area (Å²) in [5, 5.41) is -0.418. The molecule has 0 amide bonds. The molecule has 3 heteroatoms. The maximum Gasteiger partial charge on any atom is 0.154 e. The molecular weight excluding hydrogens is 208 g/mol. The fourth-order valence-electron chi connectivity index (χ4n) is 1.40. The van der Waals surface area contributed by atoms with E-state index in [0.717, 1.165) is 5.56 Å². The minimum Gasteiger partial charge on any atom is -0.229 e. The number of hydrogen-bond donors (Lipinski definition) is 0. The molecule has 1 aromatic carbocycles. The van der Waals surface area contributed by atoms with Gasteiger partial charge in [0.1, 0.15) is 0 Å². The maximum atomic E-state index is 11.4. The van der Waals surface area contributed by atoms with E-state index >= 15 is 0 Å². The molecule has 0 fully saturated rings. The van der Waals surface area contributed by atoms with Crippen LogP contribution >= 0.6 is 0 Å². The molecule has 15 heavy (non-hydrogen) atoms. The van der Waals surface area contributed by atoms with E-state index in [0.29, 0.717) is 5.92 Å². The Hall–Kier alpha value is -0.830. The van der Waals surface area contributed by atoms with Crippen LogP contribution in [0.5, 0.6) is 0 Å². The van der Waals surface area contributed by atoms with E-state index < -0.39 is 15.1 Å². The summed E-state index contributed by atoms with van der Waals surface area (Å²) in [7, 11) is -2.99. The number of sulfone groups is 1. The van der Waals surface area contributed by atoms with Gasteiger partial charge in [0, 0.05) is 6.26 Å². The van der Waals surface area contributed by atoms with E-state index in [1.165, 1.54) is 11.8 Å². The molecule has 1 aromatic rings. The van der Waals surface area contributed by atoms with Crippen molar-refractivity contribution in [3.8, 4) is 0 Å². The molecule has 0 radical (unpaired) electrons. The van der Waals surface area contributed by atoms with Crippen LogP contribution in [-0.4, -0.2) is 14.7 Å². The number of benzene rings is 1. The van der Waals surface area contributed by atoms with Crippen molar-refractivity contribution in [2.24, 2.45) is 0 Å². The van der Waals surface area contributed by atoms with Crippen LogP contribution < -0.4 is 0 Å². The minimum absolute atomic E-state index is 0.418. The second kappa shape index (κ2) is 4.35. The molecule has 2 nitrogen and oxygen atoms in total.